The molecule has 1 N–H and O–H groups in total. The Bertz CT molecular complexity index is 822. The zero-order valence-corrected chi connectivity index (χ0v) is 13.4. The number of hydrazone groups is 1. The second-order valence-electron chi connectivity index (χ2n) is 6.11. The summed E-state index contributed by atoms with van der Waals surface area (Å²) in [5.74, 6) is 0.663. The topological polar surface area (TPSA) is 50.7 Å². The number of benzene rings is 2. The van der Waals surface area contributed by atoms with E-state index in [9.17, 15) is 4.79 Å². The van der Waals surface area contributed by atoms with Crippen LogP contribution in [-0.2, 0) is 4.79 Å². The predicted molar refractivity (Wildman–Crippen MR) is 93.8 cm³/mol. The van der Waals surface area contributed by atoms with Crippen LogP contribution in [-0.4, -0.2) is 18.7 Å². The molecule has 1 heterocycles. The van der Waals surface area contributed by atoms with Crippen LogP contribution in [0.1, 0.15) is 23.5 Å². The minimum absolute atomic E-state index is 0.0193. The molecule has 0 radical (unpaired) electrons. The first-order valence-corrected chi connectivity index (χ1v) is 8.03. The minimum Gasteiger partial charge on any atom is -0.497 e. The van der Waals surface area contributed by atoms with Gasteiger partial charge in [0.1, 0.15) is 5.75 Å². The number of nitrogens with one attached hydrogen (secondary N) is 1. The van der Waals surface area contributed by atoms with Gasteiger partial charge in [-0.25, -0.2) is 5.43 Å². The van der Waals surface area contributed by atoms with Crippen LogP contribution < -0.4 is 10.2 Å². The highest BCUT2D eigenvalue weighted by Gasteiger charge is 2.40. The summed E-state index contributed by atoms with van der Waals surface area (Å²) in [5, 5.41) is 4.24. The van der Waals surface area contributed by atoms with Gasteiger partial charge in [-0.3, -0.25) is 4.79 Å². The van der Waals surface area contributed by atoms with Crippen LogP contribution in [0.25, 0.3) is 5.57 Å². The quantitative estimate of drug-likeness (QED) is 0.943. The van der Waals surface area contributed by atoms with Crippen molar-refractivity contribution >= 4 is 17.2 Å². The van der Waals surface area contributed by atoms with E-state index < -0.39 is 0 Å². The Kier molecular flexibility index (Phi) is 3.65. The average molecular weight is 318 g/mol. The van der Waals surface area contributed by atoms with Gasteiger partial charge >= 0.3 is 0 Å². The lowest BCUT2D eigenvalue weighted by Crippen LogP contribution is -2.31. The van der Waals surface area contributed by atoms with E-state index in [0.29, 0.717) is 0 Å². The molecular weight excluding hydrogens is 300 g/mol. The molecule has 0 spiro atoms. The fourth-order valence-electron chi connectivity index (χ4n) is 3.51. The lowest BCUT2D eigenvalue weighted by atomic mass is 9.73. The molecule has 4 heteroatoms. The summed E-state index contributed by atoms with van der Waals surface area (Å²) in [7, 11) is 1.65. The summed E-state index contributed by atoms with van der Waals surface area (Å²) in [5.41, 5.74) is 6.98. The Balaban J connectivity index is 1.74. The summed E-state index contributed by atoms with van der Waals surface area (Å²) in [6.45, 7) is 0. The van der Waals surface area contributed by atoms with Gasteiger partial charge in [-0.1, -0.05) is 42.5 Å². The van der Waals surface area contributed by atoms with Crippen LogP contribution in [0.15, 0.2) is 65.8 Å². The van der Waals surface area contributed by atoms with Crippen LogP contribution >= 0.6 is 0 Å². The molecule has 24 heavy (non-hydrogen) atoms. The highest BCUT2D eigenvalue weighted by molar-refractivity contribution is 6.17. The Morgan fingerprint density at radius 1 is 1.08 bits per heavy atom. The van der Waals surface area contributed by atoms with Crippen molar-refractivity contribution in [3.05, 3.63) is 71.8 Å². The molecule has 1 amide bonds. The zero-order valence-electron chi connectivity index (χ0n) is 13.4. The highest BCUT2D eigenvalue weighted by atomic mass is 16.5. The van der Waals surface area contributed by atoms with E-state index in [2.05, 4.69) is 28.7 Å². The molecule has 2 unspecified atom stereocenters. The summed E-state index contributed by atoms with van der Waals surface area (Å²) in [6.07, 6.45) is 2.87. The first-order chi connectivity index (χ1) is 11.8. The monoisotopic (exact) mass is 318 g/mol. The van der Waals surface area contributed by atoms with Gasteiger partial charge in [0.25, 0.3) is 0 Å². The standard InChI is InChI=1S/C20H18N2O2/c1-24-16-9-7-14(8-10-16)17-11-15(13-5-3-2-4-6-13)12-18-19(17)20(23)22-21-18/h2-10,12,17,19H,11H2,1H3,(H,22,23). The number of carbonyl (C=O) groups is 1. The SMILES string of the molecule is COc1ccc(C2CC(c3ccccc3)=CC3=NNC(=O)C32)cc1. The molecular formula is C20H18N2O2. The second kappa shape index (κ2) is 5.96. The van der Waals surface area contributed by atoms with Gasteiger partial charge in [-0.15, -0.1) is 0 Å². The maximum atomic E-state index is 12.3. The summed E-state index contributed by atoms with van der Waals surface area (Å²) in [4.78, 5) is 12.3. The molecule has 4 nitrogen and oxygen atoms in total. The van der Waals surface area contributed by atoms with Crippen molar-refractivity contribution in [1.29, 1.82) is 0 Å². The van der Waals surface area contributed by atoms with Crippen molar-refractivity contribution in [3.8, 4) is 5.75 Å². The van der Waals surface area contributed by atoms with Crippen LogP contribution in [0.4, 0.5) is 0 Å². The van der Waals surface area contributed by atoms with Crippen molar-refractivity contribution in [3.63, 3.8) is 0 Å². The molecule has 0 saturated heterocycles. The van der Waals surface area contributed by atoms with E-state index in [1.54, 1.807) is 7.11 Å². The van der Waals surface area contributed by atoms with Gasteiger partial charge in [0, 0.05) is 5.92 Å². The maximum absolute atomic E-state index is 12.3. The molecule has 1 aliphatic carbocycles. The second-order valence-corrected chi connectivity index (χ2v) is 6.11. The van der Waals surface area contributed by atoms with E-state index in [1.165, 1.54) is 11.1 Å². The number of allylic oxidation sites excluding steroid dienone is 2. The third kappa shape index (κ3) is 2.50. The number of hydrogen-bond acceptors (Lipinski definition) is 3. The van der Waals surface area contributed by atoms with Gasteiger partial charge in [0.2, 0.25) is 5.91 Å². The van der Waals surface area contributed by atoms with Crippen LogP contribution in [0.3, 0.4) is 0 Å². The van der Waals surface area contributed by atoms with Gasteiger partial charge in [0.15, 0.2) is 0 Å². The van der Waals surface area contributed by atoms with E-state index in [0.717, 1.165) is 23.4 Å². The van der Waals surface area contributed by atoms with Crippen LogP contribution in [0.5, 0.6) is 5.75 Å². The molecule has 0 saturated carbocycles. The Morgan fingerprint density at radius 2 is 1.83 bits per heavy atom. The molecule has 2 aliphatic rings. The summed E-state index contributed by atoms with van der Waals surface area (Å²) in [6, 6.07) is 18.2. The third-order valence-electron chi connectivity index (χ3n) is 4.75. The van der Waals surface area contributed by atoms with Crippen molar-refractivity contribution in [1.82, 2.24) is 5.43 Å². The number of fused-ring (bicyclic) bond motifs is 1. The molecule has 2 aromatic carbocycles. The molecule has 2 aromatic rings. The molecule has 4 rings (SSSR count). The number of rotatable bonds is 3. The number of hydrogen-bond donors (Lipinski definition) is 1. The van der Waals surface area contributed by atoms with Gasteiger partial charge in [-0.05, 0) is 41.3 Å². The normalized spacial score (nSPS) is 22.3. The molecule has 120 valence electrons. The van der Waals surface area contributed by atoms with Crippen LogP contribution in [0, 0.1) is 5.92 Å². The summed E-state index contributed by atoms with van der Waals surface area (Å²) >= 11 is 0. The molecule has 0 aromatic heterocycles. The number of carbonyl (C=O) groups excluding carboxylic acids is 1. The van der Waals surface area contributed by atoms with Crippen molar-refractivity contribution in [2.24, 2.45) is 11.0 Å². The Labute approximate surface area is 140 Å². The van der Waals surface area contributed by atoms with Crippen molar-refractivity contribution < 1.29 is 9.53 Å². The number of amides is 1. The Morgan fingerprint density at radius 3 is 2.54 bits per heavy atom. The van der Waals surface area contributed by atoms with Gasteiger partial charge in [0.05, 0.1) is 18.7 Å². The number of methoxy groups -OCH3 is 1. The average Bonchev–Trinajstić information content (AvgIpc) is 3.03. The molecule has 2 atom stereocenters. The largest absolute Gasteiger partial charge is 0.497 e. The summed E-state index contributed by atoms with van der Waals surface area (Å²) < 4.78 is 5.24. The molecule has 0 fully saturated rings. The Hall–Kier alpha value is -2.88. The lowest BCUT2D eigenvalue weighted by Gasteiger charge is -2.28. The number of ether oxygens (including phenoxy) is 1. The van der Waals surface area contributed by atoms with Crippen LogP contribution in [0.2, 0.25) is 0 Å². The fraction of sp³-hybridized carbons (Fsp3) is 0.200. The predicted octanol–water partition coefficient (Wildman–Crippen LogP) is 3.37. The fourth-order valence-corrected chi connectivity index (χ4v) is 3.51. The van der Waals surface area contributed by atoms with E-state index in [1.807, 2.05) is 42.5 Å². The van der Waals surface area contributed by atoms with Crippen molar-refractivity contribution in [2.45, 2.75) is 12.3 Å². The van der Waals surface area contributed by atoms with Crippen molar-refractivity contribution in [2.75, 3.05) is 7.11 Å². The zero-order chi connectivity index (χ0) is 16.5. The number of nitrogens with zero attached hydrogens (tertiary/aromatic N) is 1. The highest BCUT2D eigenvalue weighted by Crippen LogP contribution is 2.41. The lowest BCUT2D eigenvalue weighted by molar-refractivity contribution is -0.122. The van der Waals surface area contributed by atoms with Gasteiger partial charge < -0.3 is 4.74 Å². The molecule has 0 bridgehead atoms. The minimum atomic E-state index is -0.217. The van der Waals surface area contributed by atoms with Gasteiger partial charge in [-0.2, -0.15) is 5.10 Å². The smallest absolute Gasteiger partial charge is 0.249 e. The van der Waals surface area contributed by atoms with E-state index in [4.69, 9.17) is 4.74 Å². The van der Waals surface area contributed by atoms with E-state index >= 15 is 0 Å². The first kappa shape index (κ1) is 14.7. The maximum Gasteiger partial charge on any atom is 0.249 e. The first-order valence-electron chi connectivity index (χ1n) is 8.03. The molecule has 1 aliphatic heterocycles. The van der Waals surface area contributed by atoms with E-state index in [-0.39, 0.29) is 17.7 Å². The third-order valence-corrected chi connectivity index (χ3v) is 4.75.